The van der Waals surface area contributed by atoms with Gasteiger partial charge in [-0.05, 0) is 18.2 Å². The van der Waals surface area contributed by atoms with Crippen LogP contribution in [-0.2, 0) is 9.59 Å². The Balaban J connectivity index is 2.79. The molecule has 1 atom stereocenters. The number of rotatable bonds is 4. The van der Waals surface area contributed by atoms with Crippen LogP contribution >= 0.6 is 11.6 Å². The van der Waals surface area contributed by atoms with Gasteiger partial charge in [-0.1, -0.05) is 11.6 Å². The number of nitrogens with one attached hydrogen (secondary N) is 1. The van der Waals surface area contributed by atoms with E-state index in [0.717, 1.165) is 0 Å². The summed E-state index contributed by atoms with van der Waals surface area (Å²) >= 11 is 5.83. The van der Waals surface area contributed by atoms with E-state index in [-0.39, 0.29) is 0 Å². The third-order valence-corrected chi connectivity index (χ3v) is 2.26. The van der Waals surface area contributed by atoms with Crippen molar-refractivity contribution >= 4 is 29.2 Å². The molecule has 0 aliphatic heterocycles. The van der Waals surface area contributed by atoms with Gasteiger partial charge in [0.25, 0.3) is 5.91 Å². The van der Waals surface area contributed by atoms with Crippen molar-refractivity contribution in [2.45, 2.75) is 6.04 Å². The molecule has 7 heteroatoms. The standard InChI is InChI=1S/C10H11ClN2O4/c1-17-7-3-2-5(4-6(7)11)13-9(14)8(12)10(15)16/h2-4,8H,12H2,1H3,(H,13,14)(H,15,16). The lowest BCUT2D eigenvalue weighted by molar-refractivity contribution is -0.141. The van der Waals surface area contributed by atoms with Crippen molar-refractivity contribution in [3.63, 3.8) is 0 Å². The normalized spacial score (nSPS) is 11.7. The summed E-state index contributed by atoms with van der Waals surface area (Å²) < 4.78 is 4.93. The Bertz CT molecular complexity index is 450. The van der Waals surface area contributed by atoms with Gasteiger partial charge in [0.1, 0.15) is 5.75 Å². The fourth-order valence-corrected chi connectivity index (χ4v) is 1.33. The Labute approximate surface area is 102 Å². The van der Waals surface area contributed by atoms with Crippen molar-refractivity contribution in [1.29, 1.82) is 0 Å². The topological polar surface area (TPSA) is 102 Å². The van der Waals surface area contributed by atoms with E-state index in [4.69, 9.17) is 27.2 Å². The Hall–Kier alpha value is -1.79. The smallest absolute Gasteiger partial charge is 0.330 e. The van der Waals surface area contributed by atoms with E-state index in [0.29, 0.717) is 16.5 Å². The van der Waals surface area contributed by atoms with Gasteiger partial charge in [0, 0.05) is 5.69 Å². The largest absolute Gasteiger partial charge is 0.495 e. The van der Waals surface area contributed by atoms with Gasteiger partial charge in [0.2, 0.25) is 0 Å². The molecule has 1 aromatic carbocycles. The number of carbonyl (C=O) groups excluding carboxylic acids is 1. The Kier molecular flexibility index (Phi) is 4.30. The fourth-order valence-electron chi connectivity index (χ4n) is 1.08. The van der Waals surface area contributed by atoms with Crippen molar-refractivity contribution in [3.8, 4) is 5.75 Å². The number of carboxylic acids is 1. The van der Waals surface area contributed by atoms with Crippen molar-refractivity contribution in [2.24, 2.45) is 5.73 Å². The van der Waals surface area contributed by atoms with Gasteiger partial charge in [0.15, 0.2) is 6.04 Å². The minimum atomic E-state index is -1.61. The fraction of sp³-hybridized carbons (Fsp3) is 0.200. The van der Waals surface area contributed by atoms with Gasteiger partial charge in [-0.25, -0.2) is 4.79 Å². The van der Waals surface area contributed by atoms with E-state index in [1.807, 2.05) is 0 Å². The zero-order valence-electron chi connectivity index (χ0n) is 8.94. The molecule has 0 saturated heterocycles. The Morgan fingerprint density at radius 1 is 1.53 bits per heavy atom. The van der Waals surface area contributed by atoms with E-state index < -0.39 is 17.9 Å². The first-order valence-corrected chi connectivity index (χ1v) is 4.96. The highest BCUT2D eigenvalue weighted by Crippen LogP contribution is 2.27. The van der Waals surface area contributed by atoms with Crippen molar-refractivity contribution < 1.29 is 19.4 Å². The first kappa shape index (κ1) is 13.3. The molecule has 0 heterocycles. The van der Waals surface area contributed by atoms with Crippen LogP contribution in [0.2, 0.25) is 5.02 Å². The number of methoxy groups -OCH3 is 1. The molecule has 0 aromatic heterocycles. The summed E-state index contributed by atoms with van der Waals surface area (Å²) in [6.07, 6.45) is 0. The second kappa shape index (κ2) is 5.51. The molecule has 1 rings (SSSR count). The van der Waals surface area contributed by atoms with Crippen LogP contribution in [0.15, 0.2) is 18.2 Å². The first-order chi connectivity index (χ1) is 7.95. The molecule has 0 saturated carbocycles. The maximum atomic E-state index is 11.3. The number of benzene rings is 1. The number of hydrogen-bond donors (Lipinski definition) is 3. The number of carboxylic acid groups (broad SMARTS) is 1. The molecule has 1 aromatic rings. The quantitative estimate of drug-likeness (QED) is 0.690. The molecule has 0 aliphatic carbocycles. The number of hydrogen-bond acceptors (Lipinski definition) is 4. The number of amides is 1. The summed E-state index contributed by atoms with van der Waals surface area (Å²) in [6.45, 7) is 0. The summed E-state index contributed by atoms with van der Waals surface area (Å²) in [6, 6.07) is 2.89. The SMILES string of the molecule is COc1ccc(NC(=O)C(N)C(=O)O)cc1Cl. The molecule has 4 N–H and O–H groups in total. The first-order valence-electron chi connectivity index (χ1n) is 4.58. The summed E-state index contributed by atoms with van der Waals surface area (Å²) in [5.41, 5.74) is 5.48. The van der Waals surface area contributed by atoms with Gasteiger partial charge in [0.05, 0.1) is 12.1 Å². The van der Waals surface area contributed by atoms with Gasteiger partial charge >= 0.3 is 5.97 Å². The molecule has 0 bridgehead atoms. The average Bonchev–Trinajstić information content (AvgIpc) is 2.28. The highest BCUT2D eigenvalue weighted by Gasteiger charge is 2.21. The predicted octanol–water partition coefficient (Wildman–Crippen LogP) is 0.699. The molecule has 92 valence electrons. The second-order valence-corrected chi connectivity index (χ2v) is 3.56. The zero-order chi connectivity index (χ0) is 13.0. The van der Waals surface area contributed by atoms with Crippen LogP contribution in [0.3, 0.4) is 0 Å². The van der Waals surface area contributed by atoms with Crippen LogP contribution in [0, 0.1) is 0 Å². The van der Waals surface area contributed by atoms with E-state index in [9.17, 15) is 9.59 Å². The summed E-state index contributed by atoms with van der Waals surface area (Å²) in [4.78, 5) is 21.8. The second-order valence-electron chi connectivity index (χ2n) is 3.15. The highest BCUT2D eigenvalue weighted by atomic mass is 35.5. The van der Waals surface area contributed by atoms with Crippen LogP contribution < -0.4 is 15.8 Å². The van der Waals surface area contributed by atoms with E-state index in [1.54, 1.807) is 6.07 Å². The van der Waals surface area contributed by atoms with E-state index in [1.165, 1.54) is 19.2 Å². The lowest BCUT2D eigenvalue weighted by Crippen LogP contribution is -2.42. The third kappa shape index (κ3) is 3.33. The maximum Gasteiger partial charge on any atom is 0.330 e. The molecule has 1 unspecified atom stereocenters. The molecule has 0 fully saturated rings. The predicted molar refractivity (Wildman–Crippen MR) is 62.2 cm³/mol. The highest BCUT2D eigenvalue weighted by molar-refractivity contribution is 6.32. The molecular formula is C10H11ClN2O4. The average molecular weight is 259 g/mol. The molecular weight excluding hydrogens is 248 g/mol. The van der Waals surface area contributed by atoms with E-state index in [2.05, 4.69) is 5.32 Å². The van der Waals surface area contributed by atoms with Gasteiger partial charge in [-0.2, -0.15) is 0 Å². The number of carbonyl (C=O) groups is 2. The van der Waals surface area contributed by atoms with Crippen molar-refractivity contribution in [3.05, 3.63) is 23.2 Å². The van der Waals surface area contributed by atoms with Crippen LogP contribution in [0.1, 0.15) is 0 Å². The van der Waals surface area contributed by atoms with Gasteiger partial charge in [-0.15, -0.1) is 0 Å². The number of anilines is 1. The summed E-state index contributed by atoms with van der Waals surface area (Å²) in [7, 11) is 1.46. The van der Waals surface area contributed by atoms with Crippen LogP contribution in [-0.4, -0.2) is 30.1 Å². The molecule has 0 spiro atoms. The van der Waals surface area contributed by atoms with Crippen LogP contribution in [0.25, 0.3) is 0 Å². The molecule has 1 amide bonds. The van der Waals surface area contributed by atoms with Crippen molar-refractivity contribution in [1.82, 2.24) is 0 Å². The number of ether oxygens (including phenoxy) is 1. The lowest BCUT2D eigenvalue weighted by atomic mass is 10.2. The molecule has 17 heavy (non-hydrogen) atoms. The maximum absolute atomic E-state index is 11.3. The molecule has 0 aliphatic rings. The monoisotopic (exact) mass is 258 g/mol. The minimum absolute atomic E-state index is 0.300. The summed E-state index contributed by atoms with van der Waals surface area (Å²) in [5, 5.41) is 11.2. The number of nitrogens with two attached hydrogens (primary N) is 1. The van der Waals surface area contributed by atoms with Gasteiger partial charge in [-0.3, -0.25) is 4.79 Å². The minimum Gasteiger partial charge on any atom is -0.495 e. The zero-order valence-corrected chi connectivity index (χ0v) is 9.69. The van der Waals surface area contributed by atoms with Crippen LogP contribution in [0.5, 0.6) is 5.75 Å². The van der Waals surface area contributed by atoms with Crippen LogP contribution in [0.4, 0.5) is 5.69 Å². The molecule has 6 nitrogen and oxygen atoms in total. The Morgan fingerprint density at radius 3 is 2.65 bits per heavy atom. The lowest BCUT2D eigenvalue weighted by Gasteiger charge is -2.09. The summed E-state index contributed by atoms with van der Waals surface area (Å²) in [5.74, 6) is -1.77. The molecule has 0 radical (unpaired) electrons. The van der Waals surface area contributed by atoms with E-state index >= 15 is 0 Å². The van der Waals surface area contributed by atoms with Crippen molar-refractivity contribution in [2.75, 3.05) is 12.4 Å². The number of halogens is 1. The Morgan fingerprint density at radius 2 is 2.18 bits per heavy atom. The number of aliphatic carboxylic acids is 1. The van der Waals surface area contributed by atoms with Gasteiger partial charge < -0.3 is 20.9 Å². The third-order valence-electron chi connectivity index (χ3n) is 1.97.